The lowest BCUT2D eigenvalue weighted by atomic mass is 9.96. The Kier molecular flexibility index (Phi) is 6.77. The molecule has 2 atom stereocenters. The second-order valence-corrected chi connectivity index (χ2v) is 4.98. The molecule has 0 aromatic heterocycles. The largest absolute Gasteiger partial charge is 0.396 e. The fraction of sp³-hybridized carbons (Fsp3) is 0.917. The van der Waals surface area contributed by atoms with E-state index in [0.717, 1.165) is 12.8 Å². The van der Waals surface area contributed by atoms with E-state index in [1.165, 1.54) is 0 Å². The molecule has 3 heteroatoms. The molecule has 3 nitrogen and oxygen atoms in total. The number of nitrogens with zero attached hydrogens (tertiary/aromatic N) is 1. The highest BCUT2D eigenvalue weighted by Gasteiger charge is 2.15. The van der Waals surface area contributed by atoms with Crippen LogP contribution in [-0.4, -0.2) is 34.7 Å². The summed E-state index contributed by atoms with van der Waals surface area (Å²) in [6.07, 6.45) is 3.81. The van der Waals surface area contributed by atoms with E-state index in [1.807, 2.05) is 33.9 Å². The average Bonchev–Trinajstić information content (AvgIpc) is 2.15. The first kappa shape index (κ1) is 14.6. The zero-order valence-corrected chi connectivity index (χ0v) is 10.4. The summed E-state index contributed by atoms with van der Waals surface area (Å²) in [5.74, 6) is -0.0126. The van der Waals surface area contributed by atoms with Gasteiger partial charge in [-0.25, -0.2) is 0 Å². The van der Waals surface area contributed by atoms with Crippen molar-refractivity contribution in [2.24, 2.45) is 10.9 Å². The molecule has 15 heavy (non-hydrogen) atoms. The summed E-state index contributed by atoms with van der Waals surface area (Å²) in [6.45, 7) is 8.13. The summed E-state index contributed by atoms with van der Waals surface area (Å²) in [6, 6.07) is 0. The number of rotatable bonds is 6. The molecule has 0 aromatic carbocycles. The van der Waals surface area contributed by atoms with Crippen molar-refractivity contribution in [3.8, 4) is 0 Å². The van der Waals surface area contributed by atoms with Gasteiger partial charge in [-0.05, 0) is 46.2 Å². The van der Waals surface area contributed by atoms with Crippen LogP contribution in [0.15, 0.2) is 4.99 Å². The van der Waals surface area contributed by atoms with Crippen LogP contribution in [0.4, 0.5) is 0 Å². The Morgan fingerprint density at radius 1 is 1.33 bits per heavy atom. The van der Waals surface area contributed by atoms with Gasteiger partial charge in [0.15, 0.2) is 0 Å². The Morgan fingerprint density at radius 3 is 2.33 bits per heavy atom. The third-order valence-corrected chi connectivity index (χ3v) is 2.34. The Labute approximate surface area is 93.2 Å². The van der Waals surface area contributed by atoms with Crippen LogP contribution in [-0.2, 0) is 0 Å². The van der Waals surface area contributed by atoms with Crippen molar-refractivity contribution in [1.82, 2.24) is 0 Å². The minimum absolute atomic E-state index is 0.0126. The van der Waals surface area contributed by atoms with Crippen LogP contribution in [0.3, 0.4) is 0 Å². The second-order valence-electron chi connectivity index (χ2n) is 4.98. The van der Waals surface area contributed by atoms with Gasteiger partial charge >= 0.3 is 0 Å². The van der Waals surface area contributed by atoms with Gasteiger partial charge in [0.2, 0.25) is 0 Å². The summed E-state index contributed by atoms with van der Waals surface area (Å²) in [5, 5.41) is 18.7. The molecule has 0 spiro atoms. The fourth-order valence-corrected chi connectivity index (χ4v) is 1.37. The monoisotopic (exact) mass is 215 g/mol. The molecular formula is C12H25NO2. The first-order chi connectivity index (χ1) is 6.90. The maximum atomic E-state index is 9.57. The predicted molar refractivity (Wildman–Crippen MR) is 64.4 cm³/mol. The molecule has 0 heterocycles. The van der Waals surface area contributed by atoms with Gasteiger partial charge in [-0.1, -0.05) is 6.92 Å². The summed E-state index contributed by atoms with van der Waals surface area (Å²) < 4.78 is 0. The predicted octanol–water partition coefficient (Wildman–Crippen LogP) is 2.02. The first-order valence-electron chi connectivity index (χ1n) is 5.73. The van der Waals surface area contributed by atoms with E-state index in [2.05, 4.69) is 4.99 Å². The maximum Gasteiger partial charge on any atom is 0.0587 e. The van der Waals surface area contributed by atoms with Gasteiger partial charge in [0.1, 0.15) is 0 Å². The quantitative estimate of drug-likeness (QED) is 0.666. The van der Waals surface area contributed by atoms with Crippen LogP contribution < -0.4 is 0 Å². The van der Waals surface area contributed by atoms with Crippen LogP contribution in [0.2, 0.25) is 0 Å². The van der Waals surface area contributed by atoms with Crippen LogP contribution in [0.5, 0.6) is 0 Å². The van der Waals surface area contributed by atoms with E-state index in [1.54, 1.807) is 0 Å². The lowest BCUT2D eigenvalue weighted by Crippen LogP contribution is -2.23. The van der Waals surface area contributed by atoms with Crippen molar-refractivity contribution in [3.05, 3.63) is 0 Å². The first-order valence-corrected chi connectivity index (χ1v) is 5.73. The fourth-order valence-electron chi connectivity index (χ4n) is 1.37. The topological polar surface area (TPSA) is 52.8 Å². The third kappa shape index (κ3) is 7.51. The van der Waals surface area contributed by atoms with Crippen molar-refractivity contribution in [2.45, 2.75) is 58.6 Å². The number of hydrogen-bond acceptors (Lipinski definition) is 3. The normalized spacial score (nSPS) is 16.9. The van der Waals surface area contributed by atoms with Crippen molar-refractivity contribution >= 4 is 6.21 Å². The van der Waals surface area contributed by atoms with Crippen LogP contribution in [0, 0.1) is 5.92 Å². The lowest BCUT2D eigenvalue weighted by molar-refractivity contribution is 0.0610. The zero-order chi connectivity index (χ0) is 11.9. The molecule has 0 aliphatic heterocycles. The molecule has 0 saturated carbocycles. The van der Waals surface area contributed by atoms with Gasteiger partial charge in [-0.15, -0.1) is 0 Å². The zero-order valence-electron chi connectivity index (χ0n) is 10.4. The number of aliphatic imine (C=N–C) groups is 1. The van der Waals surface area contributed by atoms with Crippen molar-refractivity contribution in [2.75, 3.05) is 6.61 Å². The highest BCUT2D eigenvalue weighted by Crippen LogP contribution is 2.13. The molecule has 0 aromatic rings. The van der Waals surface area contributed by atoms with E-state index >= 15 is 0 Å². The second kappa shape index (κ2) is 6.96. The number of aliphatic hydroxyl groups is 2. The Bertz CT molecular complexity index is 185. The highest BCUT2D eigenvalue weighted by atomic mass is 16.3. The summed E-state index contributed by atoms with van der Waals surface area (Å²) in [7, 11) is 0. The maximum absolute atomic E-state index is 9.57. The van der Waals surface area contributed by atoms with Gasteiger partial charge in [0.25, 0.3) is 0 Å². The molecule has 0 bridgehead atoms. The van der Waals surface area contributed by atoms with E-state index in [-0.39, 0.29) is 18.1 Å². The van der Waals surface area contributed by atoms with E-state index < -0.39 is 6.10 Å². The van der Waals surface area contributed by atoms with Gasteiger partial charge in [-0.3, -0.25) is 4.99 Å². The molecule has 0 aliphatic carbocycles. The van der Waals surface area contributed by atoms with E-state index in [9.17, 15) is 5.11 Å². The molecule has 0 aliphatic rings. The molecule has 90 valence electrons. The van der Waals surface area contributed by atoms with Crippen molar-refractivity contribution < 1.29 is 10.2 Å². The van der Waals surface area contributed by atoms with E-state index in [4.69, 9.17) is 5.11 Å². The molecule has 2 unspecified atom stereocenters. The molecule has 0 radical (unpaired) electrons. The smallest absolute Gasteiger partial charge is 0.0587 e. The molecule has 0 amide bonds. The summed E-state index contributed by atoms with van der Waals surface area (Å²) in [4.78, 5) is 4.36. The molecule has 0 saturated heterocycles. The van der Waals surface area contributed by atoms with Gasteiger partial charge in [-0.2, -0.15) is 0 Å². The van der Waals surface area contributed by atoms with Crippen molar-refractivity contribution in [3.63, 3.8) is 0 Å². The summed E-state index contributed by atoms with van der Waals surface area (Å²) in [5.41, 5.74) is -0.0297. The summed E-state index contributed by atoms with van der Waals surface area (Å²) >= 11 is 0. The third-order valence-electron chi connectivity index (χ3n) is 2.34. The van der Waals surface area contributed by atoms with Gasteiger partial charge in [0.05, 0.1) is 11.6 Å². The molecule has 0 fully saturated rings. The average molecular weight is 215 g/mol. The Balaban J connectivity index is 3.87. The Morgan fingerprint density at radius 2 is 1.93 bits per heavy atom. The minimum Gasteiger partial charge on any atom is -0.396 e. The lowest BCUT2D eigenvalue weighted by Gasteiger charge is -2.18. The van der Waals surface area contributed by atoms with Crippen LogP contribution >= 0.6 is 0 Å². The number of hydrogen-bond donors (Lipinski definition) is 2. The number of aliphatic hydroxyl groups excluding tert-OH is 2. The van der Waals surface area contributed by atoms with Gasteiger partial charge < -0.3 is 10.2 Å². The standard InChI is InChI=1S/C12H25NO2/c1-5-11(15)10(9-14)7-6-8-13-12(2,3)4/h8,10-11,14-15H,5-7,9H2,1-4H3. The SMILES string of the molecule is CCC(O)C(CO)CCC=NC(C)(C)C. The van der Waals surface area contributed by atoms with Crippen LogP contribution in [0.25, 0.3) is 0 Å². The van der Waals surface area contributed by atoms with Crippen LogP contribution in [0.1, 0.15) is 47.0 Å². The minimum atomic E-state index is -0.391. The molecule has 0 rings (SSSR count). The highest BCUT2D eigenvalue weighted by molar-refractivity contribution is 5.57. The van der Waals surface area contributed by atoms with Gasteiger partial charge in [0, 0.05) is 12.5 Å². The van der Waals surface area contributed by atoms with Crippen molar-refractivity contribution in [1.29, 1.82) is 0 Å². The van der Waals surface area contributed by atoms with E-state index in [0.29, 0.717) is 6.42 Å². The Hall–Kier alpha value is -0.410. The molecule has 2 N–H and O–H groups in total. The molecular weight excluding hydrogens is 190 g/mol.